The van der Waals surface area contributed by atoms with Gasteiger partial charge in [0.25, 0.3) is 0 Å². The summed E-state index contributed by atoms with van der Waals surface area (Å²) in [6.07, 6.45) is 3.56. The van der Waals surface area contributed by atoms with Crippen LogP contribution in [0.15, 0.2) is 24.5 Å². The maximum Gasteiger partial charge on any atom is 0.151 e. The molecule has 17 heavy (non-hydrogen) atoms. The maximum absolute atomic E-state index is 4.28. The number of anilines is 1. The number of hydrogen-bond acceptors (Lipinski definition) is 4. The zero-order chi connectivity index (χ0) is 12.3. The molecule has 0 aromatic carbocycles. The molecule has 0 saturated heterocycles. The van der Waals surface area contributed by atoms with Crippen molar-refractivity contribution in [3.63, 3.8) is 0 Å². The monoisotopic (exact) mass is 228 g/mol. The fourth-order valence-electron chi connectivity index (χ4n) is 1.72. The number of nitrogens with zero attached hydrogens (tertiary/aromatic N) is 3. The highest BCUT2D eigenvalue weighted by Gasteiger charge is 2.10. The van der Waals surface area contributed by atoms with Crippen molar-refractivity contribution in [3.8, 4) is 11.3 Å². The Morgan fingerprint density at radius 2 is 2.00 bits per heavy atom. The first-order valence-corrected chi connectivity index (χ1v) is 5.72. The van der Waals surface area contributed by atoms with Crippen molar-refractivity contribution in [2.24, 2.45) is 0 Å². The van der Waals surface area contributed by atoms with E-state index in [0.717, 1.165) is 34.7 Å². The minimum Gasteiger partial charge on any atom is -0.369 e. The summed E-state index contributed by atoms with van der Waals surface area (Å²) in [4.78, 5) is 4.11. The zero-order valence-corrected chi connectivity index (χ0v) is 10.4. The average Bonchev–Trinajstić information content (AvgIpc) is 2.36. The highest BCUT2D eigenvalue weighted by atomic mass is 15.2. The van der Waals surface area contributed by atoms with E-state index in [1.54, 1.807) is 6.20 Å². The number of hydrogen-bond donors (Lipinski definition) is 1. The highest BCUT2D eigenvalue weighted by Crippen LogP contribution is 2.24. The van der Waals surface area contributed by atoms with Crippen LogP contribution in [-0.2, 0) is 0 Å². The van der Waals surface area contributed by atoms with Crippen LogP contribution in [0.3, 0.4) is 0 Å². The van der Waals surface area contributed by atoms with Gasteiger partial charge in [0.15, 0.2) is 5.82 Å². The molecule has 0 amide bonds. The summed E-state index contributed by atoms with van der Waals surface area (Å²) < 4.78 is 0. The average molecular weight is 228 g/mol. The van der Waals surface area contributed by atoms with Gasteiger partial charge in [-0.25, -0.2) is 0 Å². The molecule has 0 atom stereocenters. The lowest BCUT2D eigenvalue weighted by molar-refractivity contribution is 0.985. The molecule has 2 aromatic heterocycles. The number of aromatic nitrogens is 3. The van der Waals surface area contributed by atoms with Crippen molar-refractivity contribution in [1.82, 2.24) is 15.2 Å². The SMILES string of the molecule is CCNc1nnc(-c2cccnc2)c(C)c1C. The van der Waals surface area contributed by atoms with Crippen LogP contribution < -0.4 is 5.32 Å². The van der Waals surface area contributed by atoms with Crippen molar-refractivity contribution < 1.29 is 0 Å². The molecule has 0 unspecified atom stereocenters. The Labute approximate surface area is 101 Å². The Kier molecular flexibility index (Phi) is 3.32. The second-order valence-electron chi connectivity index (χ2n) is 3.92. The normalized spacial score (nSPS) is 10.3. The molecular formula is C13H16N4. The molecule has 1 N–H and O–H groups in total. The summed E-state index contributed by atoms with van der Waals surface area (Å²) in [6.45, 7) is 7.02. The van der Waals surface area contributed by atoms with Gasteiger partial charge in [-0.2, -0.15) is 0 Å². The summed E-state index contributed by atoms with van der Waals surface area (Å²) in [5.41, 5.74) is 4.19. The summed E-state index contributed by atoms with van der Waals surface area (Å²) >= 11 is 0. The number of nitrogens with one attached hydrogen (secondary N) is 1. The molecule has 0 aliphatic rings. The first kappa shape index (κ1) is 11.5. The van der Waals surface area contributed by atoms with E-state index >= 15 is 0 Å². The van der Waals surface area contributed by atoms with Crippen molar-refractivity contribution >= 4 is 5.82 Å². The van der Waals surface area contributed by atoms with Crippen LogP contribution in [0.25, 0.3) is 11.3 Å². The van der Waals surface area contributed by atoms with Crippen LogP contribution in [0.1, 0.15) is 18.1 Å². The van der Waals surface area contributed by atoms with E-state index in [0.29, 0.717) is 0 Å². The van der Waals surface area contributed by atoms with Gasteiger partial charge in [-0.05, 0) is 44.0 Å². The zero-order valence-electron chi connectivity index (χ0n) is 10.4. The smallest absolute Gasteiger partial charge is 0.151 e. The molecular weight excluding hydrogens is 212 g/mol. The van der Waals surface area contributed by atoms with Gasteiger partial charge in [-0.3, -0.25) is 4.98 Å². The highest BCUT2D eigenvalue weighted by molar-refractivity contribution is 5.65. The molecule has 0 bridgehead atoms. The van der Waals surface area contributed by atoms with E-state index in [1.165, 1.54) is 0 Å². The largest absolute Gasteiger partial charge is 0.369 e. The third-order valence-electron chi connectivity index (χ3n) is 2.80. The Bertz CT molecular complexity index is 508. The summed E-state index contributed by atoms with van der Waals surface area (Å²) in [7, 11) is 0. The van der Waals surface area contributed by atoms with Gasteiger partial charge in [-0.1, -0.05) is 0 Å². The molecule has 2 aromatic rings. The van der Waals surface area contributed by atoms with Gasteiger partial charge >= 0.3 is 0 Å². The third-order valence-corrected chi connectivity index (χ3v) is 2.80. The van der Waals surface area contributed by atoms with Gasteiger partial charge in [0.1, 0.15) is 0 Å². The minimum atomic E-state index is 0.848. The third kappa shape index (κ3) is 2.25. The van der Waals surface area contributed by atoms with Crippen LogP contribution in [0.2, 0.25) is 0 Å². The Balaban J connectivity index is 2.48. The van der Waals surface area contributed by atoms with E-state index in [4.69, 9.17) is 0 Å². The van der Waals surface area contributed by atoms with Gasteiger partial charge in [-0.15, -0.1) is 10.2 Å². The predicted molar refractivity (Wildman–Crippen MR) is 68.9 cm³/mol. The molecule has 2 rings (SSSR count). The van der Waals surface area contributed by atoms with E-state index in [2.05, 4.69) is 34.3 Å². The van der Waals surface area contributed by atoms with Crippen molar-refractivity contribution in [1.29, 1.82) is 0 Å². The molecule has 0 saturated carbocycles. The molecule has 0 radical (unpaired) electrons. The molecule has 0 aliphatic carbocycles. The van der Waals surface area contributed by atoms with Crippen LogP contribution >= 0.6 is 0 Å². The van der Waals surface area contributed by atoms with Gasteiger partial charge in [0.2, 0.25) is 0 Å². The lowest BCUT2D eigenvalue weighted by Crippen LogP contribution is -2.06. The molecule has 0 fully saturated rings. The summed E-state index contributed by atoms with van der Waals surface area (Å²) in [5, 5.41) is 11.7. The quantitative estimate of drug-likeness (QED) is 0.877. The molecule has 0 aliphatic heterocycles. The minimum absolute atomic E-state index is 0.848. The van der Waals surface area contributed by atoms with Crippen LogP contribution in [0.4, 0.5) is 5.82 Å². The van der Waals surface area contributed by atoms with E-state index in [1.807, 2.05) is 25.3 Å². The lowest BCUT2D eigenvalue weighted by atomic mass is 10.1. The van der Waals surface area contributed by atoms with Gasteiger partial charge in [0, 0.05) is 24.5 Å². The fraction of sp³-hybridized carbons (Fsp3) is 0.308. The second kappa shape index (κ2) is 4.91. The standard InChI is InChI=1S/C13H16N4/c1-4-15-13-10(3)9(2)12(16-17-13)11-6-5-7-14-8-11/h5-8H,4H2,1-3H3,(H,15,17). The maximum atomic E-state index is 4.28. The summed E-state index contributed by atoms with van der Waals surface area (Å²) in [5.74, 6) is 0.859. The number of rotatable bonds is 3. The molecule has 88 valence electrons. The van der Waals surface area contributed by atoms with Crippen LogP contribution in [0, 0.1) is 13.8 Å². The number of pyridine rings is 1. The Morgan fingerprint density at radius 3 is 2.65 bits per heavy atom. The van der Waals surface area contributed by atoms with E-state index in [9.17, 15) is 0 Å². The van der Waals surface area contributed by atoms with Crippen LogP contribution in [-0.4, -0.2) is 21.7 Å². The Morgan fingerprint density at radius 1 is 1.18 bits per heavy atom. The van der Waals surface area contributed by atoms with Crippen LogP contribution in [0.5, 0.6) is 0 Å². The van der Waals surface area contributed by atoms with E-state index in [-0.39, 0.29) is 0 Å². The van der Waals surface area contributed by atoms with Crippen molar-refractivity contribution in [2.75, 3.05) is 11.9 Å². The molecule has 2 heterocycles. The molecule has 4 heteroatoms. The second-order valence-corrected chi connectivity index (χ2v) is 3.92. The topological polar surface area (TPSA) is 50.7 Å². The van der Waals surface area contributed by atoms with E-state index < -0.39 is 0 Å². The molecule has 4 nitrogen and oxygen atoms in total. The fourth-order valence-corrected chi connectivity index (χ4v) is 1.72. The first-order chi connectivity index (χ1) is 8.24. The van der Waals surface area contributed by atoms with Gasteiger partial charge < -0.3 is 5.32 Å². The lowest BCUT2D eigenvalue weighted by Gasteiger charge is -2.11. The molecule has 0 spiro atoms. The Hall–Kier alpha value is -1.97. The van der Waals surface area contributed by atoms with Crippen molar-refractivity contribution in [2.45, 2.75) is 20.8 Å². The summed E-state index contributed by atoms with van der Waals surface area (Å²) in [6, 6.07) is 3.90. The van der Waals surface area contributed by atoms with Crippen molar-refractivity contribution in [3.05, 3.63) is 35.7 Å². The first-order valence-electron chi connectivity index (χ1n) is 5.72. The van der Waals surface area contributed by atoms with Gasteiger partial charge in [0.05, 0.1) is 5.69 Å². The predicted octanol–water partition coefficient (Wildman–Crippen LogP) is 2.59.